The van der Waals surface area contributed by atoms with E-state index >= 15 is 0 Å². The highest BCUT2D eigenvalue weighted by Crippen LogP contribution is 2.44. The van der Waals surface area contributed by atoms with Crippen LogP contribution in [0.3, 0.4) is 0 Å². The molecule has 1 aliphatic rings. The van der Waals surface area contributed by atoms with E-state index in [9.17, 15) is 14.7 Å². The predicted octanol–water partition coefficient (Wildman–Crippen LogP) is 5.39. The number of aliphatic carboxylic acids is 1. The molecule has 1 aliphatic carbocycles. The van der Waals surface area contributed by atoms with Gasteiger partial charge in [0.15, 0.2) is 0 Å². The van der Waals surface area contributed by atoms with Gasteiger partial charge in [-0.25, -0.2) is 9.59 Å². The zero-order valence-electron chi connectivity index (χ0n) is 17.9. The van der Waals surface area contributed by atoms with Gasteiger partial charge in [-0.05, 0) is 47.1 Å². The summed E-state index contributed by atoms with van der Waals surface area (Å²) in [6.45, 7) is 0.167. The third-order valence-corrected chi connectivity index (χ3v) is 5.98. The van der Waals surface area contributed by atoms with Gasteiger partial charge in [0.05, 0.1) is 0 Å². The van der Waals surface area contributed by atoms with Crippen LogP contribution in [0.25, 0.3) is 11.1 Å². The number of hydrogen-bond donors (Lipinski definition) is 2. The Bertz CT molecular complexity index is 1030. The van der Waals surface area contributed by atoms with Crippen molar-refractivity contribution in [2.45, 2.75) is 37.6 Å². The van der Waals surface area contributed by atoms with Gasteiger partial charge in [0, 0.05) is 5.92 Å². The van der Waals surface area contributed by atoms with Crippen LogP contribution < -0.4 is 5.32 Å². The molecule has 1 atom stereocenters. The van der Waals surface area contributed by atoms with Gasteiger partial charge >= 0.3 is 12.1 Å². The van der Waals surface area contributed by atoms with Crippen molar-refractivity contribution in [1.82, 2.24) is 5.32 Å². The summed E-state index contributed by atoms with van der Waals surface area (Å²) in [5, 5.41) is 12.0. The molecular weight excluding hydrogens is 402 g/mol. The molecule has 3 aromatic rings. The van der Waals surface area contributed by atoms with Crippen LogP contribution in [0.2, 0.25) is 0 Å². The molecule has 0 heterocycles. The Morgan fingerprint density at radius 1 is 0.844 bits per heavy atom. The molecule has 0 bridgehead atoms. The molecule has 3 aromatic carbocycles. The summed E-state index contributed by atoms with van der Waals surface area (Å²) in [5.74, 6) is -1.10. The molecule has 4 rings (SSSR count). The first-order valence-corrected chi connectivity index (χ1v) is 11.0. The van der Waals surface area contributed by atoms with Crippen LogP contribution in [0.1, 0.15) is 41.9 Å². The molecule has 0 saturated heterocycles. The van der Waals surface area contributed by atoms with E-state index in [0.717, 1.165) is 35.1 Å². The molecule has 5 heteroatoms. The first-order valence-electron chi connectivity index (χ1n) is 11.0. The van der Waals surface area contributed by atoms with Crippen molar-refractivity contribution in [1.29, 1.82) is 0 Å². The summed E-state index contributed by atoms with van der Waals surface area (Å²) in [5.41, 5.74) is 5.77. The van der Waals surface area contributed by atoms with E-state index in [0.29, 0.717) is 12.8 Å². The molecule has 2 N–H and O–H groups in total. The van der Waals surface area contributed by atoms with E-state index in [4.69, 9.17) is 4.74 Å². The molecular formula is C27H27NO4. The number of unbranched alkanes of at least 4 members (excludes halogenated alkanes) is 1. The van der Waals surface area contributed by atoms with Gasteiger partial charge in [-0.3, -0.25) is 0 Å². The zero-order valence-corrected chi connectivity index (χ0v) is 17.9. The minimum absolute atomic E-state index is 0.0534. The number of ether oxygens (including phenoxy) is 1. The fraction of sp³-hybridized carbons (Fsp3) is 0.259. The number of alkyl carbamates (subject to hydrolysis) is 1. The maximum absolute atomic E-state index is 12.4. The predicted molar refractivity (Wildman–Crippen MR) is 124 cm³/mol. The summed E-state index contributed by atoms with van der Waals surface area (Å²) in [4.78, 5) is 24.0. The molecule has 0 unspecified atom stereocenters. The molecule has 0 aromatic heterocycles. The average Bonchev–Trinajstić information content (AvgIpc) is 3.14. The monoisotopic (exact) mass is 429 g/mol. The van der Waals surface area contributed by atoms with E-state index in [1.54, 1.807) is 0 Å². The Morgan fingerprint density at radius 3 is 2.06 bits per heavy atom. The lowest BCUT2D eigenvalue weighted by Gasteiger charge is -2.17. The van der Waals surface area contributed by atoms with E-state index in [1.165, 1.54) is 5.56 Å². The lowest BCUT2D eigenvalue weighted by Crippen LogP contribution is -2.41. The van der Waals surface area contributed by atoms with Gasteiger partial charge in [-0.1, -0.05) is 85.3 Å². The highest BCUT2D eigenvalue weighted by atomic mass is 16.5. The SMILES string of the molecule is O=C(N[C@@H](CCCCc1ccccc1)C(=O)O)OCC1c2ccccc2-c2ccccc21. The minimum atomic E-state index is -1.04. The second kappa shape index (κ2) is 10.1. The fourth-order valence-corrected chi connectivity index (χ4v) is 4.36. The van der Waals surface area contributed by atoms with E-state index in [1.807, 2.05) is 54.6 Å². The van der Waals surface area contributed by atoms with Crippen LogP contribution in [0, 0.1) is 0 Å². The van der Waals surface area contributed by atoms with Gasteiger partial charge in [-0.2, -0.15) is 0 Å². The lowest BCUT2D eigenvalue weighted by molar-refractivity contribution is -0.139. The zero-order chi connectivity index (χ0) is 22.3. The van der Waals surface area contributed by atoms with Crippen molar-refractivity contribution in [2.24, 2.45) is 0 Å². The highest BCUT2D eigenvalue weighted by Gasteiger charge is 2.29. The number of rotatable bonds is 9. The number of carboxylic acids is 1. The van der Waals surface area contributed by atoms with Gasteiger partial charge in [0.25, 0.3) is 0 Å². The van der Waals surface area contributed by atoms with Crippen LogP contribution in [0.5, 0.6) is 0 Å². The van der Waals surface area contributed by atoms with Gasteiger partial charge < -0.3 is 15.2 Å². The largest absolute Gasteiger partial charge is 0.480 e. The van der Waals surface area contributed by atoms with E-state index in [2.05, 4.69) is 29.6 Å². The number of amides is 1. The molecule has 164 valence electrons. The first kappa shape index (κ1) is 21.6. The van der Waals surface area contributed by atoms with Gasteiger partial charge in [-0.15, -0.1) is 0 Å². The second-order valence-electron chi connectivity index (χ2n) is 8.09. The van der Waals surface area contributed by atoms with Gasteiger partial charge in [0.2, 0.25) is 0 Å². The van der Waals surface area contributed by atoms with Crippen molar-refractivity contribution in [3.63, 3.8) is 0 Å². The minimum Gasteiger partial charge on any atom is -0.480 e. The Hall–Kier alpha value is -3.60. The van der Waals surface area contributed by atoms with Crippen molar-refractivity contribution >= 4 is 12.1 Å². The summed E-state index contributed by atoms with van der Waals surface area (Å²) in [6.07, 6.45) is 2.13. The van der Waals surface area contributed by atoms with Crippen molar-refractivity contribution in [3.05, 3.63) is 95.6 Å². The molecule has 1 amide bonds. The molecule has 0 fully saturated rings. The Kier molecular flexibility index (Phi) is 6.85. The van der Waals surface area contributed by atoms with Crippen LogP contribution in [0.15, 0.2) is 78.9 Å². The topological polar surface area (TPSA) is 75.6 Å². The highest BCUT2D eigenvalue weighted by molar-refractivity contribution is 5.81. The molecule has 0 radical (unpaired) electrons. The summed E-state index contributed by atoms with van der Waals surface area (Å²) >= 11 is 0. The van der Waals surface area contributed by atoms with E-state index in [-0.39, 0.29) is 12.5 Å². The van der Waals surface area contributed by atoms with Crippen molar-refractivity contribution in [3.8, 4) is 11.1 Å². The molecule has 0 aliphatic heterocycles. The van der Waals surface area contributed by atoms with Crippen LogP contribution in [-0.2, 0) is 16.0 Å². The number of hydrogen-bond acceptors (Lipinski definition) is 3. The maximum Gasteiger partial charge on any atom is 0.407 e. The number of carbonyl (C=O) groups is 2. The fourth-order valence-electron chi connectivity index (χ4n) is 4.36. The lowest BCUT2D eigenvalue weighted by atomic mass is 9.98. The normalized spacial score (nSPS) is 13.1. The van der Waals surface area contributed by atoms with Crippen molar-refractivity contribution in [2.75, 3.05) is 6.61 Å². The maximum atomic E-state index is 12.4. The number of aryl methyl sites for hydroxylation is 1. The molecule has 5 nitrogen and oxygen atoms in total. The number of carboxylic acid groups (broad SMARTS) is 1. The summed E-state index contributed by atoms with van der Waals surface area (Å²) in [7, 11) is 0. The van der Waals surface area contributed by atoms with Crippen molar-refractivity contribution < 1.29 is 19.4 Å². The molecule has 0 spiro atoms. The van der Waals surface area contributed by atoms with Crippen LogP contribution >= 0.6 is 0 Å². The number of fused-ring (bicyclic) bond motifs is 3. The molecule has 32 heavy (non-hydrogen) atoms. The quantitative estimate of drug-likeness (QED) is 0.447. The van der Waals surface area contributed by atoms with Gasteiger partial charge in [0.1, 0.15) is 12.6 Å². The number of nitrogens with one attached hydrogen (secondary N) is 1. The number of benzene rings is 3. The van der Waals surface area contributed by atoms with Crippen LogP contribution in [-0.4, -0.2) is 29.8 Å². The first-order chi connectivity index (χ1) is 15.6. The summed E-state index contributed by atoms with van der Waals surface area (Å²) in [6, 6.07) is 25.3. The second-order valence-corrected chi connectivity index (χ2v) is 8.09. The standard InChI is InChI=1S/C27H27NO4/c29-26(30)25(17-9-4-12-19-10-2-1-3-11-19)28-27(31)32-18-24-22-15-7-5-13-20(22)21-14-6-8-16-23(21)24/h1-3,5-8,10-11,13-16,24-25H,4,9,12,17-18H2,(H,28,31)(H,29,30)/t25-/m0/s1. The Balaban J connectivity index is 1.30. The Labute approximate surface area is 188 Å². The average molecular weight is 430 g/mol. The Morgan fingerprint density at radius 2 is 1.44 bits per heavy atom. The summed E-state index contributed by atoms with van der Waals surface area (Å²) < 4.78 is 5.48. The molecule has 0 saturated carbocycles. The number of carbonyl (C=O) groups excluding carboxylic acids is 1. The van der Waals surface area contributed by atoms with Crippen LogP contribution in [0.4, 0.5) is 4.79 Å². The third-order valence-electron chi connectivity index (χ3n) is 5.98. The third kappa shape index (κ3) is 4.99. The van der Waals surface area contributed by atoms with E-state index < -0.39 is 18.1 Å². The smallest absolute Gasteiger partial charge is 0.407 e.